The maximum atomic E-state index is 12.5. The molecule has 2 atom stereocenters. The van der Waals surface area contributed by atoms with Crippen molar-refractivity contribution >= 4 is 11.9 Å². The van der Waals surface area contributed by atoms with Gasteiger partial charge < -0.3 is 9.64 Å². The van der Waals surface area contributed by atoms with E-state index in [0.717, 1.165) is 0 Å². The first-order chi connectivity index (χ1) is 9.03. The van der Waals surface area contributed by atoms with Crippen LogP contribution in [0.15, 0.2) is 0 Å². The number of nitrogens with zero attached hydrogens (tertiary/aromatic N) is 1. The van der Waals surface area contributed by atoms with Gasteiger partial charge in [0.1, 0.15) is 11.4 Å². The molecule has 4 heteroatoms. The Morgan fingerprint density at radius 2 is 1.50 bits per heavy atom. The summed E-state index contributed by atoms with van der Waals surface area (Å²) in [6.07, 6.45) is 0.600. The highest BCUT2D eigenvalue weighted by Gasteiger charge is 2.42. The molecule has 1 aliphatic rings. The van der Waals surface area contributed by atoms with Gasteiger partial charge in [0.25, 0.3) is 0 Å². The van der Waals surface area contributed by atoms with Crippen molar-refractivity contribution in [2.24, 2.45) is 11.8 Å². The SMILES string of the molecule is CC(C)[C@@H]1CC(=O)C[C@@H](C(C)C)N1C(=O)OC(C)(C)C. The maximum absolute atomic E-state index is 12.5. The van der Waals surface area contributed by atoms with E-state index in [-0.39, 0.29) is 35.8 Å². The summed E-state index contributed by atoms with van der Waals surface area (Å²) in [5.41, 5.74) is -0.512. The molecule has 0 saturated carbocycles. The molecule has 0 bridgehead atoms. The Labute approximate surface area is 122 Å². The van der Waals surface area contributed by atoms with Crippen LogP contribution in [0.2, 0.25) is 0 Å². The third-order valence-electron chi connectivity index (χ3n) is 3.73. The topological polar surface area (TPSA) is 46.6 Å². The van der Waals surface area contributed by atoms with Crippen LogP contribution in [0.1, 0.15) is 61.3 Å². The van der Waals surface area contributed by atoms with Gasteiger partial charge in [0, 0.05) is 24.9 Å². The number of piperidine rings is 1. The second-order valence-electron chi connectivity index (χ2n) is 7.46. The number of carbonyl (C=O) groups excluding carboxylic acids is 2. The van der Waals surface area contributed by atoms with Crippen molar-refractivity contribution in [2.75, 3.05) is 0 Å². The van der Waals surface area contributed by atoms with Gasteiger partial charge in [0.2, 0.25) is 0 Å². The van der Waals surface area contributed by atoms with Crippen LogP contribution in [0.4, 0.5) is 4.79 Å². The zero-order chi connectivity index (χ0) is 15.7. The Morgan fingerprint density at radius 1 is 1.10 bits per heavy atom. The Morgan fingerprint density at radius 3 is 1.80 bits per heavy atom. The van der Waals surface area contributed by atoms with Gasteiger partial charge in [0.15, 0.2) is 0 Å². The number of ketones is 1. The summed E-state index contributed by atoms with van der Waals surface area (Å²) in [6, 6.07) is -0.114. The number of Topliss-reactive ketones (excluding diaryl/α,β-unsaturated/α-hetero) is 1. The molecule has 1 rings (SSSR count). The monoisotopic (exact) mass is 283 g/mol. The van der Waals surface area contributed by atoms with E-state index >= 15 is 0 Å². The van der Waals surface area contributed by atoms with Gasteiger partial charge in [0.05, 0.1) is 0 Å². The van der Waals surface area contributed by atoms with E-state index in [0.29, 0.717) is 12.8 Å². The van der Waals surface area contributed by atoms with Crippen LogP contribution in [-0.4, -0.2) is 34.5 Å². The van der Waals surface area contributed by atoms with Crippen molar-refractivity contribution in [3.8, 4) is 0 Å². The molecule has 0 aromatic carbocycles. The average molecular weight is 283 g/mol. The number of hydrogen-bond acceptors (Lipinski definition) is 3. The molecule has 0 unspecified atom stereocenters. The van der Waals surface area contributed by atoms with Crippen LogP contribution in [0.5, 0.6) is 0 Å². The number of hydrogen-bond donors (Lipinski definition) is 0. The highest BCUT2D eigenvalue weighted by Crippen LogP contribution is 2.31. The van der Waals surface area contributed by atoms with Crippen molar-refractivity contribution < 1.29 is 14.3 Å². The summed E-state index contributed by atoms with van der Waals surface area (Å²) < 4.78 is 5.55. The number of carbonyl (C=O) groups is 2. The third-order valence-corrected chi connectivity index (χ3v) is 3.73. The second-order valence-corrected chi connectivity index (χ2v) is 7.46. The minimum absolute atomic E-state index is 0.0569. The fraction of sp³-hybridized carbons (Fsp3) is 0.875. The van der Waals surface area contributed by atoms with Gasteiger partial charge in [-0.05, 0) is 32.6 Å². The molecule has 0 spiro atoms. The van der Waals surface area contributed by atoms with Crippen LogP contribution in [0.3, 0.4) is 0 Å². The van der Waals surface area contributed by atoms with Crippen molar-refractivity contribution in [1.82, 2.24) is 4.90 Å². The van der Waals surface area contributed by atoms with Crippen molar-refractivity contribution in [1.29, 1.82) is 0 Å². The normalized spacial score (nSPS) is 24.4. The Kier molecular flexibility index (Phi) is 5.22. The van der Waals surface area contributed by atoms with Gasteiger partial charge in [-0.2, -0.15) is 0 Å². The fourth-order valence-corrected chi connectivity index (χ4v) is 2.69. The molecule has 0 N–H and O–H groups in total. The molecule has 20 heavy (non-hydrogen) atoms. The van der Waals surface area contributed by atoms with E-state index in [4.69, 9.17) is 4.74 Å². The molecule has 0 aromatic heterocycles. The Balaban J connectivity index is 3.04. The maximum Gasteiger partial charge on any atom is 0.410 e. The lowest BCUT2D eigenvalue weighted by Crippen LogP contribution is -2.57. The van der Waals surface area contributed by atoms with Crippen molar-refractivity contribution in [3.05, 3.63) is 0 Å². The summed E-state index contributed by atoms with van der Waals surface area (Å²) in [4.78, 5) is 26.3. The van der Waals surface area contributed by atoms with Gasteiger partial charge in [-0.3, -0.25) is 4.79 Å². The van der Waals surface area contributed by atoms with Crippen LogP contribution in [0, 0.1) is 11.8 Å². The number of ether oxygens (including phenoxy) is 1. The first-order valence-corrected chi connectivity index (χ1v) is 7.56. The van der Waals surface area contributed by atoms with E-state index in [1.54, 1.807) is 0 Å². The van der Waals surface area contributed by atoms with Crippen molar-refractivity contribution in [3.63, 3.8) is 0 Å². The molecule has 0 radical (unpaired) electrons. The lowest BCUT2D eigenvalue weighted by Gasteiger charge is -2.45. The van der Waals surface area contributed by atoms with Gasteiger partial charge in [-0.25, -0.2) is 4.79 Å². The van der Waals surface area contributed by atoms with Crippen LogP contribution < -0.4 is 0 Å². The van der Waals surface area contributed by atoms with E-state index in [9.17, 15) is 9.59 Å². The van der Waals surface area contributed by atoms with E-state index in [1.807, 2.05) is 25.7 Å². The zero-order valence-corrected chi connectivity index (χ0v) is 13.9. The number of rotatable bonds is 2. The largest absolute Gasteiger partial charge is 0.444 e. The molecule has 1 saturated heterocycles. The number of likely N-dealkylation sites (tertiary alicyclic amines) is 1. The molecule has 1 amide bonds. The Bertz CT molecular complexity index is 348. The van der Waals surface area contributed by atoms with E-state index in [1.165, 1.54) is 0 Å². The summed E-state index contributed by atoms with van der Waals surface area (Å²) in [5, 5.41) is 0. The zero-order valence-electron chi connectivity index (χ0n) is 13.9. The summed E-state index contributed by atoms with van der Waals surface area (Å²) in [6.45, 7) is 13.8. The van der Waals surface area contributed by atoms with Crippen molar-refractivity contribution in [2.45, 2.75) is 79.0 Å². The highest BCUT2D eigenvalue weighted by molar-refractivity contribution is 5.83. The molecule has 1 heterocycles. The molecular weight excluding hydrogens is 254 g/mol. The van der Waals surface area contributed by atoms with Gasteiger partial charge in [-0.1, -0.05) is 27.7 Å². The minimum atomic E-state index is -0.512. The van der Waals surface area contributed by atoms with Gasteiger partial charge in [-0.15, -0.1) is 0 Å². The molecule has 116 valence electrons. The summed E-state index contributed by atoms with van der Waals surface area (Å²) in [5.74, 6) is 0.739. The smallest absolute Gasteiger partial charge is 0.410 e. The molecule has 4 nitrogen and oxygen atoms in total. The standard InChI is InChI=1S/C16H29NO3/c1-10(2)13-8-12(18)9-14(11(3)4)17(13)15(19)20-16(5,6)7/h10-11,13-14H,8-9H2,1-7H3/t13-,14-/m0/s1. The first kappa shape index (κ1) is 17.0. The fourth-order valence-electron chi connectivity index (χ4n) is 2.69. The molecule has 0 aromatic rings. The predicted octanol–water partition coefficient (Wildman–Crippen LogP) is 3.64. The quantitative estimate of drug-likeness (QED) is 0.777. The molecule has 1 aliphatic heterocycles. The van der Waals surface area contributed by atoms with E-state index in [2.05, 4.69) is 27.7 Å². The predicted molar refractivity (Wildman–Crippen MR) is 79.6 cm³/mol. The number of amides is 1. The Hall–Kier alpha value is -1.06. The van der Waals surface area contributed by atoms with Gasteiger partial charge >= 0.3 is 6.09 Å². The molecule has 1 fully saturated rings. The minimum Gasteiger partial charge on any atom is -0.444 e. The second kappa shape index (κ2) is 6.15. The van der Waals surface area contributed by atoms with E-state index < -0.39 is 5.60 Å². The van der Waals surface area contributed by atoms with Crippen LogP contribution >= 0.6 is 0 Å². The molecule has 0 aliphatic carbocycles. The van der Waals surface area contributed by atoms with Crippen LogP contribution in [0.25, 0.3) is 0 Å². The first-order valence-electron chi connectivity index (χ1n) is 7.56. The average Bonchev–Trinajstić information content (AvgIpc) is 2.24. The summed E-state index contributed by atoms with van der Waals surface area (Å²) >= 11 is 0. The lowest BCUT2D eigenvalue weighted by atomic mass is 9.84. The third kappa shape index (κ3) is 4.22. The van der Waals surface area contributed by atoms with Crippen LogP contribution in [-0.2, 0) is 9.53 Å². The highest BCUT2D eigenvalue weighted by atomic mass is 16.6. The molecular formula is C16H29NO3. The summed E-state index contributed by atoms with van der Waals surface area (Å²) in [7, 11) is 0. The lowest BCUT2D eigenvalue weighted by molar-refractivity contribution is -0.127.